The first kappa shape index (κ1) is 17.1. The monoisotopic (exact) mass is 392 g/mol. The average Bonchev–Trinajstić information content (AvgIpc) is 3.15. The second-order valence-corrected chi connectivity index (χ2v) is 6.89. The Morgan fingerprint density at radius 1 is 1.04 bits per heavy atom. The third kappa shape index (κ3) is 3.23. The summed E-state index contributed by atoms with van der Waals surface area (Å²) in [5.41, 5.74) is 1.31. The summed E-state index contributed by atoms with van der Waals surface area (Å²) in [5.74, 6) is 0.754. The van der Waals surface area contributed by atoms with Gasteiger partial charge in [-0.1, -0.05) is 29.3 Å². The molecule has 0 aromatic heterocycles. The summed E-state index contributed by atoms with van der Waals surface area (Å²) in [6, 6.07) is 9.59. The zero-order chi connectivity index (χ0) is 18.3. The van der Waals surface area contributed by atoms with E-state index < -0.39 is 6.04 Å². The first-order valence-corrected chi connectivity index (χ1v) is 8.71. The van der Waals surface area contributed by atoms with E-state index >= 15 is 0 Å². The molecule has 2 aromatic rings. The predicted molar refractivity (Wildman–Crippen MR) is 96.8 cm³/mol. The van der Waals surface area contributed by atoms with Gasteiger partial charge in [0.25, 0.3) is 5.91 Å². The van der Waals surface area contributed by atoms with E-state index in [9.17, 15) is 9.59 Å². The number of ether oxygens (including phenoxy) is 2. The van der Waals surface area contributed by atoms with Gasteiger partial charge in [-0.25, -0.2) is 4.90 Å². The lowest BCUT2D eigenvalue weighted by molar-refractivity contribution is -0.121. The molecular weight excluding hydrogens is 379 g/mol. The fraction of sp³-hybridized carbons (Fsp3) is 0.222. The van der Waals surface area contributed by atoms with E-state index in [1.54, 1.807) is 18.2 Å². The van der Waals surface area contributed by atoms with Crippen molar-refractivity contribution in [3.8, 4) is 11.5 Å². The van der Waals surface area contributed by atoms with E-state index in [4.69, 9.17) is 32.7 Å². The fourth-order valence-electron chi connectivity index (χ4n) is 3.02. The molecule has 0 spiro atoms. The maximum absolute atomic E-state index is 12.7. The summed E-state index contributed by atoms with van der Waals surface area (Å²) in [4.78, 5) is 26.1. The van der Waals surface area contributed by atoms with E-state index in [1.807, 2.05) is 18.2 Å². The van der Waals surface area contributed by atoms with E-state index in [0.717, 1.165) is 10.5 Å². The maximum Gasteiger partial charge on any atom is 0.251 e. The Kier molecular flexibility index (Phi) is 4.48. The highest BCUT2D eigenvalue weighted by Crippen LogP contribution is 2.33. The van der Waals surface area contributed by atoms with Crippen LogP contribution in [0.15, 0.2) is 36.4 Å². The van der Waals surface area contributed by atoms with Crippen LogP contribution in [0.2, 0.25) is 10.0 Å². The van der Waals surface area contributed by atoms with Crippen molar-refractivity contribution >= 4 is 40.7 Å². The number of nitrogens with one attached hydrogen (secondary N) is 1. The van der Waals surface area contributed by atoms with Crippen LogP contribution >= 0.6 is 23.2 Å². The molecule has 2 aliphatic heterocycles. The first-order chi connectivity index (χ1) is 12.5. The van der Waals surface area contributed by atoms with E-state index in [2.05, 4.69) is 5.32 Å². The van der Waals surface area contributed by atoms with Gasteiger partial charge in [0.2, 0.25) is 12.7 Å². The Morgan fingerprint density at radius 3 is 2.54 bits per heavy atom. The van der Waals surface area contributed by atoms with Crippen molar-refractivity contribution in [2.75, 3.05) is 11.7 Å². The highest BCUT2D eigenvalue weighted by molar-refractivity contribution is 6.35. The average molecular weight is 393 g/mol. The van der Waals surface area contributed by atoms with Gasteiger partial charge in [0.1, 0.15) is 0 Å². The smallest absolute Gasteiger partial charge is 0.251 e. The van der Waals surface area contributed by atoms with Crippen molar-refractivity contribution in [3.05, 3.63) is 52.0 Å². The molecule has 0 unspecified atom stereocenters. The highest BCUT2D eigenvalue weighted by atomic mass is 35.5. The standard InChI is InChI=1S/C18H14Cl2N2O4/c19-11-4-12(20)6-13(5-11)22-17(23)7-14(18(22)24)21-8-10-1-2-15-16(3-10)26-9-25-15/h1-6,14,21H,7-9H2/t14-/m1/s1. The van der Waals surface area contributed by atoms with Crippen LogP contribution in [0.25, 0.3) is 0 Å². The SMILES string of the molecule is O=C1C[C@@H](NCc2ccc3c(c2)OCO3)C(=O)N1c1cc(Cl)cc(Cl)c1. The van der Waals surface area contributed by atoms with E-state index in [0.29, 0.717) is 33.8 Å². The summed E-state index contributed by atoms with van der Waals surface area (Å²) in [6.45, 7) is 0.628. The van der Waals surface area contributed by atoms with Crippen molar-refractivity contribution in [2.24, 2.45) is 0 Å². The third-order valence-electron chi connectivity index (χ3n) is 4.24. The van der Waals surface area contributed by atoms with Crippen molar-refractivity contribution in [1.29, 1.82) is 0 Å². The van der Waals surface area contributed by atoms with E-state index in [1.165, 1.54) is 0 Å². The molecule has 0 bridgehead atoms. The quantitative estimate of drug-likeness (QED) is 0.809. The number of carbonyl (C=O) groups is 2. The summed E-state index contributed by atoms with van der Waals surface area (Å²) in [7, 11) is 0. The number of fused-ring (bicyclic) bond motifs is 1. The molecule has 1 N–H and O–H groups in total. The fourth-order valence-corrected chi connectivity index (χ4v) is 3.54. The highest BCUT2D eigenvalue weighted by Gasteiger charge is 2.39. The van der Waals surface area contributed by atoms with Crippen LogP contribution in [0.4, 0.5) is 5.69 Å². The van der Waals surface area contributed by atoms with Gasteiger partial charge in [-0.2, -0.15) is 0 Å². The summed E-state index contributed by atoms with van der Waals surface area (Å²) in [5, 5.41) is 3.86. The minimum absolute atomic E-state index is 0.0769. The molecule has 2 aromatic carbocycles. The van der Waals surface area contributed by atoms with Gasteiger partial charge in [0.05, 0.1) is 18.2 Å². The molecule has 8 heteroatoms. The Hall–Kier alpha value is -2.28. The lowest BCUT2D eigenvalue weighted by Crippen LogP contribution is -2.38. The maximum atomic E-state index is 12.7. The lowest BCUT2D eigenvalue weighted by Gasteiger charge is -2.16. The molecule has 1 saturated heterocycles. The minimum atomic E-state index is -0.606. The molecule has 2 aliphatic rings. The molecule has 0 saturated carbocycles. The van der Waals surface area contributed by atoms with E-state index in [-0.39, 0.29) is 25.0 Å². The second-order valence-electron chi connectivity index (χ2n) is 6.02. The van der Waals surface area contributed by atoms with Crippen LogP contribution in [-0.2, 0) is 16.1 Å². The molecule has 0 radical (unpaired) electrons. The lowest BCUT2D eigenvalue weighted by atomic mass is 10.1. The third-order valence-corrected chi connectivity index (χ3v) is 4.68. The molecule has 6 nitrogen and oxygen atoms in total. The van der Waals surface area contributed by atoms with Crippen molar-refractivity contribution < 1.29 is 19.1 Å². The van der Waals surface area contributed by atoms with Gasteiger partial charge < -0.3 is 14.8 Å². The summed E-state index contributed by atoms with van der Waals surface area (Å²) < 4.78 is 10.6. The van der Waals surface area contributed by atoms with Crippen molar-refractivity contribution in [2.45, 2.75) is 19.0 Å². The molecule has 1 fully saturated rings. The largest absolute Gasteiger partial charge is 0.454 e. The Morgan fingerprint density at radius 2 is 1.77 bits per heavy atom. The zero-order valence-corrected chi connectivity index (χ0v) is 15.0. The Balaban J connectivity index is 1.47. The van der Waals surface area contributed by atoms with Crippen LogP contribution in [0.1, 0.15) is 12.0 Å². The first-order valence-electron chi connectivity index (χ1n) is 7.96. The molecule has 4 rings (SSSR count). The normalized spacial score (nSPS) is 18.7. The van der Waals surface area contributed by atoms with Crippen LogP contribution in [0.5, 0.6) is 11.5 Å². The number of hydrogen-bond acceptors (Lipinski definition) is 5. The predicted octanol–water partition coefficient (Wildman–Crippen LogP) is 3.14. The van der Waals surface area contributed by atoms with Crippen LogP contribution in [0, 0.1) is 0 Å². The van der Waals surface area contributed by atoms with Gasteiger partial charge in [0, 0.05) is 16.6 Å². The number of halogens is 2. The van der Waals surface area contributed by atoms with Crippen LogP contribution in [0.3, 0.4) is 0 Å². The number of carbonyl (C=O) groups excluding carboxylic acids is 2. The molecule has 26 heavy (non-hydrogen) atoms. The number of imide groups is 1. The Labute approximate surface area is 159 Å². The number of rotatable bonds is 4. The number of benzene rings is 2. The number of nitrogens with zero attached hydrogens (tertiary/aromatic N) is 1. The molecule has 2 heterocycles. The molecule has 1 atom stereocenters. The summed E-state index contributed by atoms with van der Waals surface area (Å²) >= 11 is 12.0. The van der Waals surface area contributed by atoms with Crippen LogP contribution in [-0.4, -0.2) is 24.6 Å². The van der Waals surface area contributed by atoms with Crippen LogP contribution < -0.4 is 19.7 Å². The Bertz CT molecular complexity index is 883. The number of hydrogen-bond donors (Lipinski definition) is 1. The number of amides is 2. The molecular formula is C18H14Cl2N2O4. The molecule has 0 aliphatic carbocycles. The molecule has 134 valence electrons. The van der Waals surface area contributed by atoms with Gasteiger partial charge in [-0.15, -0.1) is 0 Å². The van der Waals surface area contributed by atoms with Crippen molar-refractivity contribution in [3.63, 3.8) is 0 Å². The van der Waals surface area contributed by atoms with Gasteiger partial charge in [-0.3, -0.25) is 9.59 Å². The summed E-state index contributed by atoms with van der Waals surface area (Å²) in [6.07, 6.45) is 0.0769. The van der Waals surface area contributed by atoms with Gasteiger partial charge in [-0.05, 0) is 35.9 Å². The topological polar surface area (TPSA) is 67.9 Å². The second kappa shape index (κ2) is 6.79. The molecule has 2 amide bonds. The van der Waals surface area contributed by atoms with Crippen molar-refractivity contribution in [1.82, 2.24) is 5.32 Å². The minimum Gasteiger partial charge on any atom is -0.454 e. The number of anilines is 1. The van der Waals surface area contributed by atoms with Gasteiger partial charge >= 0.3 is 0 Å². The zero-order valence-electron chi connectivity index (χ0n) is 13.5. The van der Waals surface area contributed by atoms with Gasteiger partial charge in [0.15, 0.2) is 11.5 Å².